The van der Waals surface area contributed by atoms with Gasteiger partial charge in [0.25, 0.3) is 0 Å². The topological polar surface area (TPSA) is 60.7 Å². The van der Waals surface area contributed by atoms with Gasteiger partial charge in [0, 0.05) is 31.4 Å². The normalized spacial score (nSPS) is 12.8. The SMILES string of the molecule is Cc1cc(O)c(C(C)(C)C)cc1SC(Sc1cc(C(C)(C)C)c(O)cc1C)Sc1cc(C(C)(C)C)c(O)cc1C. The van der Waals surface area contributed by atoms with Gasteiger partial charge in [-0.1, -0.05) is 97.6 Å². The van der Waals surface area contributed by atoms with Crippen molar-refractivity contribution in [1.82, 2.24) is 0 Å². The molecule has 0 aliphatic carbocycles. The predicted molar refractivity (Wildman–Crippen MR) is 176 cm³/mol. The number of aromatic hydroxyl groups is 3. The molecule has 0 fully saturated rings. The molecule has 218 valence electrons. The molecule has 0 bridgehead atoms. The maximum Gasteiger partial charge on any atom is 0.119 e. The Labute approximate surface area is 254 Å². The van der Waals surface area contributed by atoms with Crippen LogP contribution in [0, 0.1) is 20.8 Å². The minimum atomic E-state index is -0.187. The summed E-state index contributed by atoms with van der Waals surface area (Å²) in [5.41, 5.74) is 5.35. The van der Waals surface area contributed by atoms with Crippen molar-refractivity contribution in [1.29, 1.82) is 0 Å². The first-order valence-electron chi connectivity index (χ1n) is 13.7. The number of hydrogen-bond acceptors (Lipinski definition) is 6. The summed E-state index contributed by atoms with van der Waals surface area (Å²) < 4.78 is 0.0307. The highest BCUT2D eigenvalue weighted by Gasteiger charge is 2.26. The van der Waals surface area contributed by atoms with Crippen LogP contribution in [0.1, 0.15) is 95.7 Å². The molecule has 0 heterocycles. The van der Waals surface area contributed by atoms with Gasteiger partial charge in [0.15, 0.2) is 0 Å². The minimum absolute atomic E-state index is 0.0307. The third kappa shape index (κ3) is 7.68. The molecule has 3 N–H and O–H groups in total. The molecule has 0 radical (unpaired) electrons. The van der Waals surface area contributed by atoms with Gasteiger partial charge in [0.2, 0.25) is 0 Å². The molecule has 3 aromatic carbocycles. The number of rotatable bonds is 6. The summed E-state index contributed by atoms with van der Waals surface area (Å²) in [5.74, 6) is 0.999. The monoisotopic (exact) mass is 598 g/mol. The van der Waals surface area contributed by atoms with Crippen molar-refractivity contribution in [2.75, 3.05) is 0 Å². The molecule has 0 saturated heterocycles. The van der Waals surface area contributed by atoms with Crippen LogP contribution in [0.25, 0.3) is 0 Å². The van der Waals surface area contributed by atoms with Gasteiger partial charge in [-0.15, -0.1) is 0 Å². The zero-order chi connectivity index (χ0) is 30.4. The smallest absolute Gasteiger partial charge is 0.119 e. The third-order valence-electron chi connectivity index (χ3n) is 6.97. The van der Waals surface area contributed by atoms with Gasteiger partial charge in [-0.2, -0.15) is 0 Å². The van der Waals surface area contributed by atoms with Crippen molar-refractivity contribution in [3.8, 4) is 17.2 Å². The molecule has 0 spiro atoms. The molecule has 0 aliphatic rings. The van der Waals surface area contributed by atoms with Crippen molar-refractivity contribution in [2.24, 2.45) is 0 Å². The zero-order valence-corrected chi connectivity index (χ0v) is 28.6. The molecule has 0 saturated carbocycles. The first kappa shape index (κ1) is 32.6. The molecule has 3 aromatic rings. The van der Waals surface area contributed by atoms with E-state index in [1.165, 1.54) is 0 Å². The number of benzene rings is 3. The highest BCUT2D eigenvalue weighted by atomic mass is 32.3. The number of aryl methyl sites for hydroxylation is 3. The van der Waals surface area contributed by atoms with E-state index in [4.69, 9.17) is 0 Å². The summed E-state index contributed by atoms with van der Waals surface area (Å²) in [4.78, 5) is 3.40. The van der Waals surface area contributed by atoms with Gasteiger partial charge >= 0.3 is 0 Å². The molecule has 0 unspecified atom stereocenters. The fourth-order valence-corrected chi connectivity index (χ4v) is 8.94. The van der Waals surface area contributed by atoms with Gasteiger partial charge < -0.3 is 15.3 Å². The molecular weight excluding hydrogens is 553 g/mol. The number of phenolic OH excluding ortho intramolecular Hbond substituents is 3. The second-order valence-electron chi connectivity index (χ2n) is 13.8. The molecule has 0 aromatic heterocycles. The Morgan fingerprint density at radius 1 is 0.450 bits per heavy atom. The van der Waals surface area contributed by atoms with Crippen LogP contribution in [0.15, 0.2) is 51.1 Å². The van der Waals surface area contributed by atoms with E-state index >= 15 is 0 Å². The average Bonchev–Trinajstić information content (AvgIpc) is 2.76. The molecule has 0 amide bonds. The standard InChI is InChI=1S/C34H46O3S3/c1-19-13-25(35)22(32(4,5)6)16-28(19)38-31(39-29-17-23(33(7,8)9)26(36)14-20(29)2)40-30-18-24(34(10,11)12)27(37)15-21(30)3/h13-18,31,35-37H,1-12H3. The van der Waals surface area contributed by atoms with Crippen LogP contribution in [0.2, 0.25) is 0 Å². The first-order chi connectivity index (χ1) is 18.2. The van der Waals surface area contributed by atoms with E-state index in [2.05, 4.69) is 80.5 Å². The van der Waals surface area contributed by atoms with E-state index in [0.717, 1.165) is 48.1 Å². The quantitative estimate of drug-likeness (QED) is 0.194. The van der Waals surface area contributed by atoms with Crippen molar-refractivity contribution < 1.29 is 15.3 Å². The second-order valence-corrected chi connectivity index (χ2v) is 18.1. The maximum absolute atomic E-state index is 10.7. The Hall–Kier alpha value is -1.89. The molecule has 6 heteroatoms. The van der Waals surface area contributed by atoms with E-state index in [1.54, 1.807) is 35.3 Å². The van der Waals surface area contributed by atoms with Crippen molar-refractivity contribution in [2.45, 2.75) is 118 Å². The molecule has 0 aliphatic heterocycles. The average molecular weight is 599 g/mol. The molecular formula is C34H46O3S3. The lowest BCUT2D eigenvalue weighted by molar-refractivity contribution is 0.444. The summed E-state index contributed by atoms with van der Waals surface area (Å²) in [7, 11) is 0. The van der Waals surface area contributed by atoms with E-state index < -0.39 is 0 Å². The van der Waals surface area contributed by atoms with E-state index in [9.17, 15) is 15.3 Å². The Morgan fingerprint density at radius 2 is 0.675 bits per heavy atom. The van der Waals surface area contributed by atoms with Gasteiger partial charge in [-0.25, -0.2) is 0 Å². The minimum Gasteiger partial charge on any atom is -0.508 e. The highest BCUT2D eigenvalue weighted by Crippen LogP contribution is 2.51. The van der Waals surface area contributed by atoms with Crippen LogP contribution in [-0.4, -0.2) is 19.2 Å². The summed E-state index contributed by atoms with van der Waals surface area (Å²) in [5, 5.41) is 32.2. The fraction of sp³-hybridized carbons (Fsp3) is 0.471. The Kier molecular flexibility index (Phi) is 9.60. The first-order valence-corrected chi connectivity index (χ1v) is 16.3. The summed E-state index contributed by atoms with van der Waals surface area (Å²) in [6.07, 6.45) is 0. The van der Waals surface area contributed by atoms with Crippen molar-refractivity contribution in [3.63, 3.8) is 0 Å². The van der Waals surface area contributed by atoms with Crippen LogP contribution in [0.5, 0.6) is 17.2 Å². The van der Waals surface area contributed by atoms with Gasteiger partial charge in [0.1, 0.15) is 21.2 Å². The summed E-state index contributed by atoms with van der Waals surface area (Å²) >= 11 is 5.36. The Balaban J connectivity index is 2.14. The third-order valence-corrected chi connectivity index (χ3v) is 11.4. The van der Waals surface area contributed by atoms with Crippen LogP contribution >= 0.6 is 35.3 Å². The Bertz CT molecular complexity index is 1220. The van der Waals surface area contributed by atoms with Gasteiger partial charge in [-0.3, -0.25) is 0 Å². The van der Waals surface area contributed by atoms with Gasteiger partial charge in [0.05, 0.1) is 0 Å². The van der Waals surface area contributed by atoms with Crippen LogP contribution in [0.4, 0.5) is 0 Å². The number of phenols is 3. The van der Waals surface area contributed by atoms with Crippen molar-refractivity contribution in [3.05, 3.63) is 69.8 Å². The van der Waals surface area contributed by atoms with Crippen LogP contribution in [0.3, 0.4) is 0 Å². The fourth-order valence-electron chi connectivity index (χ4n) is 4.58. The summed E-state index contributed by atoms with van der Waals surface area (Å²) in [6, 6.07) is 12.0. The largest absolute Gasteiger partial charge is 0.508 e. The number of hydrogen-bond donors (Lipinski definition) is 3. The lowest BCUT2D eigenvalue weighted by Crippen LogP contribution is -2.12. The highest BCUT2D eigenvalue weighted by molar-refractivity contribution is 8.32. The Morgan fingerprint density at radius 3 is 0.875 bits per heavy atom. The summed E-state index contributed by atoms with van der Waals surface area (Å²) in [6.45, 7) is 25.2. The van der Waals surface area contributed by atoms with Gasteiger partial charge in [-0.05, 0) is 90.1 Å². The molecule has 3 nitrogen and oxygen atoms in total. The lowest BCUT2D eigenvalue weighted by Gasteiger charge is -2.26. The number of thioether (sulfide) groups is 3. The second kappa shape index (κ2) is 11.8. The molecule has 3 rings (SSSR count). The lowest BCUT2D eigenvalue weighted by atomic mass is 9.86. The van der Waals surface area contributed by atoms with Crippen molar-refractivity contribution >= 4 is 35.3 Å². The maximum atomic E-state index is 10.7. The van der Waals surface area contributed by atoms with Crippen LogP contribution in [-0.2, 0) is 16.2 Å². The van der Waals surface area contributed by atoms with E-state index in [1.807, 2.05) is 39.0 Å². The van der Waals surface area contributed by atoms with E-state index in [0.29, 0.717) is 17.2 Å². The van der Waals surface area contributed by atoms with Crippen LogP contribution < -0.4 is 0 Å². The zero-order valence-electron chi connectivity index (χ0n) is 26.1. The van der Waals surface area contributed by atoms with E-state index in [-0.39, 0.29) is 20.2 Å². The predicted octanol–water partition coefficient (Wildman–Crippen LogP) is 10.6. The molecule has 40 heavy (non-hydrogen) atoms. The molecule has 0 atom stereocenters.